The van der Waals surface area contributed by atoms with Crippen molar-refractivity contribution in [3.63, 3.8) is 0 Å². The van der Waals surface area contributed by atoms with Crippen LogP contribution < -0.4 is 15.0 Å². The van der Waals surface area contributed by atoms with Crippen molar-refractivity contribution >= 4 is 52.4 Å². The molecule has 424 valence electrons. The number of ether oxygens (including phenoxy) is 1. The van der Waals surface area contributed by atoms with Crippen molar-refractivity contribution in [1.29, 1.82) is 0 Å². The number of benzene rings is 5. The van der Waals surface area contributed by atoms with Gasteiger partial charge in [0.25, 0.3) is 0 Å². The van der Waals surface area contributed by atoms with E-state index in [0.29, 0.717) is 53.4 Å². The Bertz CT molecular complexity index is 3370. The predicted molar refractivity (Wildman–Crippen MR) is 327 cm³/mol. The molecule has 0 spiro atoms. The summed E-state index contributed by atoms with van der Waals surface area (Å²) in [6, 6.07) is 42.7. The van der Waals surface area contributed by atoms with Crippen molar-refractivity contribution in [2.75, 3.05) is 70.5 Å². The highest BCUT2D eigenvalue weighted by atomic mass is 35.5. The Morgan fingerprint density at radius 1 is 0.753 bits per heavy atom. The monoisotopic (exact) mass is 1130 g/mol. The minimum Gasteiger partial charge on any atom is -0.493 e. The molecule has 2 atom stereocenters. The molecule has 0 unspecified atom stereocenters. The Balaban J connectivity index is 0.804. The smallest absolute Gasteiger partial charge is 0.327 e. The summed E-state index contributed by atoms with van der Waals surface area (Å²) in [5.41, 5.74) is 8.58. The fourth-order valence-electron chi connectivity index (χ4n) is 12.0. The molecular weight excluding hydrogens is 1050 g/mol. The number of amides is 3. The fourth-order valence-corrected chi connectivity index (χ4v) is 12.2. The second-order valence-corrected chi connectivity index (χ2v) is 24.2. The minimum absolute atomic E-state index is 0.0644. The van der Waals surface area contributed by atoms with E-state index >= 15 is 4.79 Å². The summed E-state index contributed by atoms with van der Waals surface area (Å²) in [5.74, 6) is 1.97. The number of aliphatic imine (C=N–C) groups is 1. The van der Waals surface area contributed by atoms with Crippen LogP contribution in [0.1, 0.15) is 113 Å². The summed E-state index contributed by atoms with van der Waals surface area (Å²) >= 11 is 13.0. The summed E-state index contributed by atoms with van der Waals surface area (Å²) in [7, 11) is 0. The molecule has 3 aliphatic heterocycles. The number of fused-ring (bicyclic) bond motifs is 1. The molecule has 0 saturated carbocycles. The lowest BCUT2D eigenvalue weighted by Gasteiger charge is -2.47. The van der Waals surface area contributed by atoms with Gasteiger partial charge in [-0.3, -0.25) is 19.6 Å². The van der Waals surface area contributed by atoms with E-state index < -0.39 is 11.1 Å². The molecule has 0 bridgehead atoms. The van der Waals surface area contributed by atoms with Crippen molar-refractivity contribution in [3.8, 4) is 28.1 Å². The molecule has 5 heterocycles. The quantitative estimate of drug-likeness (QED) is 0.0766. The van der Waals surface area contributed by atoms with Crippen molar-refractivity contribution in [2.45, 2.75) is 109 Å². The van der Waals surface area contributed by atoms with Gasteiger partial charge in [0.2, 0.25) is 5.91 Å². The van der Waals surface area contributed by atoms with Crippen LogP contribution in [0.4, 0.5) is 10.6 Å². The van der Waals surface area contributed by atoms with Gasteiger partial charge in [0.1, 0.15) is 35.0 Å². The number of carbonyl (C=O) groups is 2. The van der Waals surface area contributed by atoms with Gasteiger partial charge in [0.05, 0.1) is 30.2 Å². The number of piperazine rings is 2. The third-order valence-electron chi connectivity index (χ3n) is 16.8. The lowest BCUT2D eigenvalue weighted by molar-refractivity contribution is -0.123. The number of nitrogens with one attached hydrogen (secondary N) is 1. The summed E-state index contributed by atoms with van der Waals surface area (Å²) < 4.78 is 8.88. The molecule has 13 nitrogen and oxygen atoms in total. The van der Waals surface area contributed by atoms with Crippen molar-refractivity contribution in [1.82, 2.24) is 34.6 Å². The highest BCUT2D eigenvalue weighted by molar-refractivity contribution is 6.30. The zero-order chi connectivity index (χ0) is 56.9. The van der Waals surface area contributed by atoms with Gasteiger partial charge in [-0.15, -0.1) is 0 Å². The van der Waals surface area contributed by atoms with Gasteiger partial charge in [-0.2, -0.15) is 9.61 Å². The number of rotatable bonds is 19. The van der Waals surface area contributed by atoms with Gasteiger partial charge in [-0.05, 0) is 110 Å². The Morgan fingerprint density at radius 3 is 2.10 bits per heavy atom. The van der Waals surface area contributed by atoms with Crippen LogP contribution in [-0.4, -0.2) is 118 Å². The second kappa shape index (κ2) is 24.8. The van der Waals surface area contributed by atoms with Gasteiger partial charge in [-0.1, -0.05) is 161 Å². The Morgan fingerprint density at radius 2 is 1.42 bits per heavy atom. The number of aromatic nitrogens is 3. The largest absolute Gasteiger partial charge is 0.493 e. The summed E-state index contributed by atoms with van der Waals surface area (Å²) in [4.78, 5) is 47.2. The predicted octanol–water partition coefficient (Wildman–Crippen LogP) is 12.9. The van der Waals surface area contributed by atoms with Crippen LogP contribution in [0.25, 0.3) is 28.0 Å². The topological polar surface area (TPSA) is 131 Å². The van der Waals surface area contributed by atoms with E-state index in [0.717, 1.165) is 134 Å². The molecule has 2 fully saturated rings. The lowest BCUT2D eigenvalue weighted by Crippen LogP contribution is -2.61. The van der Waals surface area contributed by atoms with E-state index in [1.165, 1.54) is 5.56 Å². The first-order valence-corrected chi connectivity index (χ1v) is 29.7. The SMILES string of the molecule is Cc1nn2c(N3CCN(CCO)CC3)cc(-c3ccccc3)nc2c1-c1cccc(CCCCCCCCCOc2cc(C(C)(C)C)ccc2C2=N[C@@](C)(c3ccc(Cl)cc3)[C@@](C)(c3ccc(Cl)cc3)N2C(=O)N2CCNC(=O)C2)c1. The zero-order valence-corrected chi connectivity index (χ0v) is 49.4. The van der Waals surface area contributed by atoms with Crippen LogP contribution in [0.15, 0.2) is 132 Å². The summed E-state index contributed by atoms with van der Waals surface area (Å²) in [6.07, 6.45) is 8.59. The number of halogens is 2. The molecular formula is C66H77Cl2N9O4. The Kier molecular flexibility index (Phi) is 17.6. The van der Waals surface area contributed by atoms with Crippen LogP contribution in [0.2, 0.25) is 10.0 Å². The van der Waals surface area contributed by atoms with Gasteiger partial charge in [0.15, 0.2) is 5.65 Å². The standard InChI is InChI=1S/C66H77Cl2N9O4/c1-46-60(62-70-56(48-20-14-12-15-21-48)44-59(77(62)72-46)74-37-35-73(36-38-74)39-40-78)49-22-17-19-47(42-49)18-13-10-8-7-9-11-16-41-81-57-43-52(64(2,3)4)27-32-55(57)61-71-65(5,50-23-28-53(67)29-24-50)66(6,51-25-30-54(68)31-26-51)76(61)63(80)75-34-33-69-58(79)45-75/h12,14-15,17,19-32,42-44,78H,7-11,13,16,18,33-41,45H2,1-6H3,(H,69,79)/t65-,66+/m0/s1. The van der Waals surface area contributed by atoms with Crippen LogP contribution in [0.5, 0.6) is 5.75 Å². The summed E-state index contributed by atoms with van der Waals surface area (Å²) in [6.45, 7) is 18.3. The second-order valence-electron chi connectivity index (χ2n) is 23.3. The van der Waals surface area contributed by atoms with Crippen molar-refractivity contribution in [2.24, 2.45) is 4.99 Å². The number of urea groups is 1. The van der Waals surface area contributed by atoms with Crippen molar-refractivity contribution in [3.05, 3.63) is 171 Å². The fraction of sp³-hybridized carbons (Fsp3) is 0.409. The number of nitrogens with zero attached hydrogens (tertiary/aromatic N) is 8. The molecule has 2 aromatic heterocycles. The van der Waals surface area contributed by atoms with Gasteiger partial charge < -0.3 is 25.0 Å². The number of amidine groups is 1. The van der Waals surface area contributed by atoms with Gasteiger partial charge in [0, 0.05) is 73.1 Å². The van der Waals surface area contributed by atoms with Gasteiger partial charge >= 0.3 is 6.03 Å². The molecule has 5 aromatic carbocycles. The number of aryl methyl sites for hydroxylation is 2. The van der Waals surface area contributed by atoms with Crippen molar-refractivity contribution < 1.29 is 19.4 Å². The summed E-state index contributed by atoms with van der Waals surface area (Å²) in [5, 5.41) is 18.8. The molecule has 2 N–H and O–H groups in total. The van der Waals surface area contributed by atoms with Crippen LogP contribution in [-0.2, 0) is 27.7 Å². The van der Waals surface area contributed by atoms with E-state index in [4.69, 9.17) is 43.0 Å². The van der Waals surface area contributed by atoms with Crippen LogP contribution in [0.3, 0.4) is 0 Å². The average molecular weight is 1130 g/mol. The number of β-amino-alcohol motifs (C(OH)–C–C–N with tert-alkyl or cyclic N) is 1. The maximum absolute atomic E-state index is 15.3. The molecule has 2 saturated heterocycles. The average Bonchev–Trinajstić information content (AvgIpc) is 4.18. The van der Waals surface area contributed by atoms with E-state index in [9.17, 15) is 9.90 Å². The Hall–Kier alpha value is -6.77. The van der Waals surface area contributed by atoms with Gasteiger partial charge in [-0.25, -0.2) is 9.78 Å². The first-order valence-electron chi connectivity index (χ1n) is 28.9. The normalized spacial score (nSPS) is 18.9. The molecule has 81 heavy (non-hydrogen) atoms. The third kappa shape index (κ3) is 12.2. The third-order valence-corrected chi connectivity index (χ3v) is 17.4. The molecule has 3 amide bonds. The molecule has 10 rings (SSSR count). The molecule has 7 aromatic rings. The number of carbonyl (C=O) groups excluding carboxylic acids is 2. The molecule has 0 radical (unpaired) electrons. The number of hydrogen-bond acceptors (Lipinski definition) is 9. The van der Waals surface area contributed by atoms with Crippen LogP contribution >= 0.6 is 23.2 Å². The number of anilines is 1. The number of aliphatic hydroxyl groups excluding tert-OH is 1. The van der Waals surface area contributed by atoms with Crippen LogP contribution in [0, 0.1) is 6.92 Å². The van der Waals surface area contributed by atoms with E-state index in [1.54, 1.807) is 9.80 Å². The van der Waals surface area contributed by atoms with E-state index in [-0.39, 0.29) is 30.5 Å². The Labute approximate surface area is 487 Å². The number of aliphatic hydroxyl groups is 1. The highest BCUT2D eigenvalue weighted by Gasteiger charge is 2.60. The first-order chi connectivity index (χ1) is 39.0. The number of unbranched alkanes of at least 4 members (excludes halogenated alkanes) is 6. The maximum Gasteiger partial charge on any atom is 0.327 e. The van der Waals surface area contributed by atoms with E-state index in [2.05, 4.69) is 123 Å². The molecule has 15 heteroatoms. The maximum atomic E-state index is 15.3. The first kappa shape index (κ1) is 57.5. The minimum atomic E-state index is -1.10. The highest BCUT2D eigenvalue weighted by Crippen LogP contribution is 2.54. The zero-order valence-electron chi connectivity index (χ0n) is 47.9. The molecule has 0 aliphatic carbocycles. The number of hydrogen-bond donors (Lipinski definition) is 2. The molecule has 3 aliphatic rings. The van der Waals surface area contributed by atoms with E-state index in [1.807, 2.05) is 65.2 Å². The lowest BCUT2D eigenvalue weighted by atomic mass is 9.71.